The molecule has 1 atom stereocenters. The Kier molecular flexibility index (Phi) is 2.85. The largest absolute Gasteiger partial charge is 0.242 e. The van der Waals surface area contributed by atoms with Crippen LogP contribution in [0.1, 0.15) is 57.8 Å². The molecule has 5 aliphatic rings. The second kappa shape index (κ2) is 4.31. The summed E-state index contributed by atoms with van der Waals surface area (Å²) in [5, 5.41) is 0. The van der Waals surface area contributed by atoms with Gasteiger partial charge in [0.15, 0.2) is 0 Å². The van der Waals surface area contributed by atoms with Crippen molar-refractivity contribution in [1.29, 1.82) is 0 Å². The number of hydrogen-bond donors (Lipinski definition) is 0. The highest BCUT2D eigenvalue weighted by atomic mass is 32.2. The average Bonchev–Trinajstić information content (AvgIpc) is 2.37. The number of piperidine rings is 1. The summed E-state index contributed by atoms with van der Waals surface area (Å²) in [7, 11) is -0.678. The SMILES string of the molecule is O=[S@](N1CCCCC1)C12CC3CC(CC(C3)C1)C2. The first-order chi connectivity index (χ1) is 8.75. The van der Waals surface area contributed by atoms with E-state index in [0.717, 1.165) is 30.8 Å². The third-order valence-electron chi connectivity index (χ3n) is 5.90. The van der Waals surface area contributed by atoms with Gasteiger partial charge >= 0.3 is 0 Å². The normalized spacial score (nSPS) is 49.4. The van der Waals surface area contributed by atoms with Gasteiger partial charge in [-0.3, -0.25) is 0 Å². The molecule has 3 heteroatoms. The van der Waals surface area contributed by atoms with Crippen molar-refractivity contribution in [3.05, 3.63) is 0 Å². The van der Waals surface area contributed by atoms with Crippen molar-refractivity contribution in [3.63, 3.8) is 0 Å². The monoisotopic (exact) mass is 267 g/mol. The molecule has 4 bridgehead atoms. The molecule has 0 amide bonds. The van der Waals surface area contributed by atoms with Gasteiger partial charge in [-0.1, -0.05) is 6.42 Å². The second-order valence-electron chi connectivity index (χ2n) is 7.34. The third kappa shape index (κ3) is 1.81. The summed E-state index contributed by atoms with van der Waals surface area (Å²) in [5.41, 5.74) is 0. The van der Waals surface area contributed by atoms with E-state index in [1.165, 1.54) is 57.8 Å². The van der Waals surface area contributed by atoms with Crippen LogP contribution in [0.3, 0.4) is 0 Å². The molecule has 0 spiro atoms. The lowest BCUT2D eigenvalue weighted by molar-refractivity contribution is 0.0338. The summed E-state index contributed by atoms with van der Waals surface area (Å²) in [4.78, 5) is 0. The van der Waals surface area contributed by atoms with Crippen LogP contribution < -0.4 is 0 Å². The van der Waals surface area contributed by atoms with Crippen LogP contribution in [0.5, 0.6) is 0 Å². The van der Waals surface area contributed by atoms with Crippen LogP contribution in [-0.2, 0) is 11.0 Å². The van der Waals surface area contributed by atoms with Gasteiger partial charge in [-0.25, -0.2) is 8.51 Å². The smallest absolute Gasteiger partial charge is 0.101 e. The zero-order valence-electron chi connectivity index (χ0n) is 11.3. The molecule has 0 unspecified atom stereocenters. The molecule has 102 valence electrons. The Morgan fingerprint density at radius 2 is 1.33 bits per heavy atom. The van der Waals surface area contributed by atoms with Crippen LogP contribution in [0.25, 0.3) is 0 Å². The third-order valence-corrected chi connectivity index (χ3v) is 7.98. The van der Waals surface area contributed by atoms with Crippen molar-refractivity contribution in [2.45, 2.75) is 62.5 Å². The van der Waals surface area contributed by atoms with Gasteiger partial charge in [-0.2, -0.15) is 0 Å². The van der Waals surface area contributed by atoms with Crippen LogP contribution >= 0.6 is 0 Å². The van der Waals surface area contributed by atoms with Gasteiger partial charge in [-0.05, 0) is 69.1 Å². The molecule has 18 heavy (non-hydrogen) atoms. The van der Waals surface area contributed by atoms with E-state index in [1.807, 2.05) is 0 Å². The summed E-state index contributed by atoms with van der Waals surface area (Å²) < 4.78 is 15.6. The maximum Gasteiger partial charge on any atom is 0.101 e. The summed E-state index contributed by atoms with van der Waals surface area (Å²) in [6, 6.07) is 0. The minimum absolute atomic E-state index is 0.214. The average molecular weight is 267 g/mol. The quantitative estimate of drug-likeness (QED) is 0.753. The zero-order chi connectivity index (χ0) is 12.2. The molecule has 5 fully saturated rings. The molecule has 4 saturated carbocycles. The number of nitrogens with zero attached hydrogens (tertiary/aromatic N) is 1. The van der Waals surface area contributed by atoms with Crippen LogP contribution in [0, 0.1) is 17.8 Å². The van der Waals surface area contributed by atoms with Crippen LogP contribution in [0.15, 0.2) is 0 Å². The molecular formula is C15H25NOS. The van der Waals surface area contributed by atoms with E-state index in [0.29, 0.717) is 0 Å². The van der Waals surface area contributed by atoms with Crippen LogP contribution in [-0.4, -0.2) is 26.4 Å². The summed E-state index contributed by atoms with van der Waals surface area (Å²) in [5.74, 6) is 2.76. The van der Waals surface area contributed by atoms with Gasteiger partial charge in [0.1, 0.15) is 11.0 Å². The lowest BCUT2D eigenvalue weighted by atomic mass is 9.56. The minimum atomic E-state index is -0.678. The van der Waals surface area contributed by atoms with Crippen LogP contribution in [0.2, 0.25) is 0 Å². The van der Waals surface area contributed by atoms with E-state index >= 15 is 0 Å². The standard InChI is InChI=1S/C15H25NOS/c17-18(16-4-2-1-3-5-16)15-9-12-6-13(10-15)8-14(7-12)11-15/h12-14H,1-11H2/t12?,13?,14?,15?,18-/m0/s1. The van der Waals surface area contributed by atoms with E-state index in [-0.39, 0.29) is 4.75 Å². The first kappa shape index (κ1) is 11.9. The molecular weight excluding hydrogens is 242 g/mol. The zero-order valence-corrected chi connectivity index (χ0v) is 12.1. The van der Waals surface area contributed by atoms with Gasteiger partial charge in [-0.15, -0.1) is 0 Å². The maximum absolute atomic E-state index is 13.1. The molecule has 2 nitrogen and oxygen atoms in total. The fraction of sp³-hybridized carbons (Fsp3) is 1.00. The molecule has 5 rings (SSSR count). The van der Waals surface area contributed by atoms with E-state index in [4.69, 9.17) is 0 Å². The van der Waals surface area contributed by atoms with Gasteiger partial charge in [0.05, 0.1) is 4.75 Å². The maximum atomic E-state index is 13.1. The van der Waals surface area contributed by atoms with Crippen LogP contribution in [0.4, 0.5) is 0 Å². The van der Waals surface area contributed by atoms with Crippen molar-refractivity contribution in [1.82, 2.24) is 4.31 Å². The molecule has 0 radical (unpaired) electrons. The molecule has 1 aliphatic heterocycles. The Hall–Kier alpha value is 0.110. The molecule has 4 aliphatic carbocycles. The molecule has 0 aromatic heterocycles. The van der Waals surface area contributed by atoms with Crippen molar-refractivity contribution < 1.29 is 4.21 Å². The van der Waals surface area contributed by atoms with Crippen molar-refractivity contribution in [2.75, 3.05) is 13.1 Å². The Morgan fingerprint density at radius 3 is 1.83 bits per heavy atom. The Morgan fingerprint density at radius 1 is 0.833 bits per heavy atom. The van der Waals surface area contributed by atoms with E-state index < -0.39 is 11.0 Å². The summed E-state index contributed by atoms with van der Waals surface area (Å²) in [6.45, 7) is 2.18. The van der Waals surface area contributed by atoms with Crippen molar-refractivity contribution >= 4 is 11.0 Å². The molecule has 0 aromatic carbocycles. The predicted octanol–water partition coefficient (Wildman–Crippen LogP) is 3.10. The van der Waals surface area contributed by atoms with Crippen molar-refractivity contribution in [2.24, 2.45) is 17.8 Å². The second-order valence-corrected chi connectivity index (χ2v) is 9.22. The summed E-state index contributed by atoms with van der Waals surface area (Å²) in [6.07, 6.45) is 12.1. The lowest BCUT2D eigenvalue weighted by Gasteiger charge is -2.56. The van der Waals surface area contributed by atoms with E-state index in [9.17, 15) is 4.21 Å². The van der Waals surface area contributed by atoms with Gasteiger partial charge in [0, 0.05) is 13.1 Å². The number of hydrogen-bond acceptors (Lipinski definition) is 1. The first-order valence-electron chi connectivity index (χ1n) is 7.92. The number of rotatable bonds is 2. The highest BCUT2D eigenvalue weighted by Gasteiger charge is 2.55. The Labute approximate surface area is 113 Å². The summed E-state index contributed by atoms with van der Waals surface area (Å²) >= 11 is 0. The topological polar surface area (TPSA) is 20.3 Å². The Balaban J connectivity index is 1.57. The molecule has 1 saturated heterocycles. The van der Waals surface area contributed by atoms with Crippen molar-refractivity contribution in [3.8, 4) is 0 Å². The van der Waals surface area contributed by atoms with E-state index in [2.05, 4.69) is 4.31 Å². The van der Waals surface area contributed by atoms with Gasteiger partial charge < -0.3 is 0 Å². The van der Waals surface area contributed by atoms with Gasteiger partial charge in [0.25, 0.3) is 0 Å². The van der Waals surface area contributed by atoms with Gasteiger partial charge in [0.2, 0.25) is 0 Å². The predicted molar refractivity (Wildman–Crippen MR) is 74.5 cm³/mol. The van der Waals surface area contributed by atoms with E-state index in [1.54, 1.807) is 0 Å². The molecule has 0 N–H and O–H groups in total. The highest BCUT2D eigenvalue weighted by molar-refractivity contribution is 7.84. The minimum Gasteiger partial charge on any atom is -0.242 e. The fourth-order valence-electron chi connectivity index (χ4n) is 5.55. The Bertz CT molecular complexity index is 326. The lowest BCUT2D eigenvalue weighted by Crippen LogP contribution is -2.56. The molecule has 0 aromatic rings. The first-order valence-corrected chi connectivity index (χ1v) is 9.03. The fourth-order valence-corrected chi connectivity index (χ4v) is 7.82. The molecule has 1 heterocycles. The highest BCUT2D eigenvalue weighted by Crippen LogP contribution is 2.58.